The van der Waals surface area contributed by atoms with Crippen molar-refractivity contribution < 1.29 is 22.7 Å². The van der Waals surface area contributed by atoms with E-state index in [9.17, 15) is 18.0 Å². The summed E-state index contributed by atoms with van der Waals surface area (Å²) >= 11 is 0. The zero-order valence-electron chi connectivity index (χ0n) is 16.3. The molecule has 0 radical (unpaired) electrons. The molecule has 0 fully saturated rings. The monoisotopic (exact) mass is 423 g/mol. The molecule has 6 nitrogen and oxygen atoms in total. The fourth-order valence-electron chi connectivity index (χ4n) is 2.92. The van der Waals surface area contributed by atoms with Gasteiger partial charge in [-0.25, -0.2) is 13.2 Å². The molecule has 0 aliphatic heterocycles. The zero-order valence-corrected chi connectivity index (χ0v) is 17.1. The second-order valence-electron chi connectivity index (χ2n) is 6.70. The molecule has 1 amide bonds. The first kappa shape index (κ1) is 21.3. The van der Waals surface area contributed by atoms with Gasteiger partial charge in [-0.15, -0.1) is 0 Å². The molecule has 7 heteroatoms. The Morgan fingerprint density at radius 1 is 0.867 bits per heavy atom. The van der Waals surface area contributed by atoms with E-state index in [-0.39, 0.29) is 10.5 Å². The summed E-state index contributed by atoms with van der Waals surface area (Å²) in [7, 11) is -3.45. The Morgan fingerprint density at radius 2 is 1.43 bits per heavy atom. The molecule has 0 bridgehead atoms. The summed E-state index contributed by atoms with van der Waals surface area (Å²) in [6, 6.07) is 24.0. The first-order chi connectivity index (χ1) is 14.3. The topological polar surface area (TPSA) is 89.5 Å². The maximum absolute atomic E-state index is 12.5. The molecule has 0 atom stereocenters. The van der Waals surface area contributed by atoms with E-state index >= 15 is 0 Å². The van der Waals surface area contributed by atoms with Gasteiger partial charge in [0.1, 0.15) is 0 Å². The van der Waals surface area contributed by atoms with Crippen LogP contribution in [0, 0.1) is 0 Å². The molecule has 0 aromatic heterocycles. The summed E-state index contributed by atoms with van der Waals surface area (Å²) in [5.74, 6) is -1.24. The average molecular weight is 423 g/mol. The number of benzene rings is 3. The molecule has 0 heterocycles. The summed E-state index contributed by atoms with van der Waals surface area (Å²) in [6.07, 6.45) is 1.05. The number of carbonyl (C=O) groups excluding carboxylic acids is 2. The maximum Gasteiger partial charge on any atom is 0.338 e. The molecule has 0 saturated heterocycles. The van der Waals surface area contributed by atoms with Gasteiger partial charge in [-0.2, -0.15) is 0 Å². The predicted octanol–water partition coefficient (Wildman–Crippen LogP) is 3.15. The van der Waals surface area contributed by atoms with Crippen LogP contribution in [0.4, 0.5) is 0 Å². The van der Waals surface area contributed by atoms with E-state index < -0.39 is 34.4 Å². The van der Waals surface area contributed by atoms with Gasteiger partial charge in [-0.3, -0.25) is 4.79 Å². The van der Waals surface area contributed by atoms with Crippen LogP contribution >= 0.6 is 0 Å². The van der Waals surface area contributed by atoms with E-state index in [4.69, 9.17) is 4.74 Å². The highest BCUT2D eigenvalue weighted by Crippen LogP contribution is 2.21. The SMILES string of the molecule is CS(=O)(=O)c1cccc(C(=O)OCC(=O)NC(c2ccccc2)c2ccccc2)c1. The van der Waals surface area contributed by atoms with Gasteiger partial charge in [0.25, 0.3) is 5.91 Å². The van der Waals surface area contributed by atoms with Crippen molar-refractivity contribution in [2.45, 2.75) is 10.9 Å². The molecule has 3 aromatic carbocycles. The molecule has 3 aromatic rings. The van der Waals surface area contributed by atoms with Crippen molar-refractivity contribution >= 4 is 21.7 Å². The lowest BCUT2D eigenvalue weighted by molar-refractivity contribution is -0.124. The van der Waals surface area contributed by atoms with Crippen LogP contribution in [0.3, 0.4) is 0 Å². The number of sulfone groups is 1. The van der Waals surface area contributed by atoms with Crippen molar-refractivity contribution in [3.63, 3.8) is 0 Å². The van der Waals surface area contributed by atoms with Crippen LogP contribution in [0.1, 0.15) is 27.5 Å². The van der Waals surface area contributed by atoms with Gasteiger partial charge in [0.15, 0.2) is 16.4 Å². The molecule has 3 rings (SSSR count). The van der Waals surface area contributed by atoms with E-state index in [1.165, 1.54) is 24.3 Å². The van der Waals surface area contributed by atoms with Gasteiger partial charge in [0, 0.05) is 6.26 Å². The molecule has 0 aliphatic rings. The third-order valence-electron chi connectivity index (χ3n) is 4.40. The van der Waals surface area contributed by atoms with Crippen molar-refractivity contribution in [1.82, 2.24) is 5.32 Å². The highest BCUT2D eigenvalue weighted by atomic mass is 32.2. The van der Waals surface area contributed by atoms with Crippen molar-refractivity contribution in [3.8, 4) is 0 Å². The van der Waals surface area contributed by atoms with Crippen LogP contribution in [0.25, 0.3) is 0 Å². The van der Waals surface area contributed by atoms with Crippen LogP contribution in [0.2, 0.25) is 0 Å². The third kappa shape index (κ3) is 5.55. The lowest BCUT2D eigenvalue weighted by atomic mass is 9.99. The quantitative estimate of drug-likeness (QED) is 0.590. The minimum Gasteiger partial charge on any atom is -0.452 e. The molecule has 154 valence electrons. The van der Waals surface area contributed by atoms with Gasteiger partial charge >= 0.3 is 5.97 Å². The van der Waals surface area contributed by atoms with E-state index in [0.717, 1.165) is 17.4 Å². The summed E-state index contributed by atoms with van der Waals surface area (Å²) in [5, 5.41) is 2.88. The molecule has 0 spiro atoms. The number of hydrogen-bond donors (Lipinski definition) is 1. The number of carbonyl (C=O) groups is 2. The molecule has 30 heavy (non-hydrogen) atoms. The lowest BCUT2D eigenvalue weighted by Crippen LogP contribution is -2.33. The van der Waals surface area contributed by atoms with Gasteiger partial charge in [-0.1, -0.05) is 66.7 Å². The van der Waals surface area contributed by atoms with Crippen molar-refractivity contribution in [2.24, 2.45) is 0 Å². The highest BCUT2D eigenvalue weighted by molar-refractivity contribution is 7.90. The Kier molecular flexibility index (Phi) is 6.64. The molecule has 0 saturated carbocycles. The van der Waals surface area contributed by atoms with Crippen LogP contribution in [0.15, 0.2) is 89.8 Å². The number of rotatable bonds is 7. The Bertz CT molecular complexity index is 1090. The van der Waals surface area contributed by atoms with Crippen molar-refractivity contribution in [2.75, 3.05) is 12.9 Å². The van der Waals surface area contributed by atoms with Gasteiger partial charge in [0.05, 0.1) is 16.5 Å². The minimum absolute atomic E-state index is 0.00891. The Morgan fingerprint density at radius 3 is 1.97 bits per heavy atom. The number of amides is 1. The average Bonchev–Trinajstić information content (AvgIpc) is 2.76. The second-order valence-corrected chi connectivity index (χ2v) is 8.71. The van der Waals surface area contributed by atoms with Gasteiger partial charge in [-0.05, 0) is 29.3 Å². The Hall–Kier alpha value is -3.45. The summed E-state index contributed by atoms with van der Waals surface area (Å²) in [4.78, 5) is 24.7. The van der Waals surface area contributed by atoms with E-state index in [1.807, 2.05) is 60.7 Å². The molecule has 0 unspecified atom stereocenters. The summed E-state index contributed by atoms with van der Waals surface area (Å²) < 4.78 is 28.4. The maximum atomic E-state index is 12.5. The second kappa shape index (κ2) is 9.37. The summed E-state index contributed by atoms with van der Waals surface area (Å²) in [5.41, 5.74) is 1.85. The largest absolute Gasteiger partial charge is 0.452 e. The predicted molar refractivity (Wildman–Crippen MR) is 113 cm³/mol. The van der Waals surface area contributed by atoms with Crippen LogP contribution in [0.5, 0.6) is 0 Å². The van der Waals surface area contributed by atoms with Crippen molar-refractivity contribution in [3.05, 3.63) is 102 Å². The summed E-state index contributed by atoms with van der Waals surface area (Å²) in [6.45, 7) is -0.488. The highest BCUT2D eigenvalue weighted by Gasteiger charge is 2.18. The standard InChI is InChI=1S/C23H21NO5S/c1-30(27,28)20-14-8-13-19(15-20)23(26)29-16-21(25)24-22(17-9-4-2-5-10-17)18-11-6-3-7-12-18/h2-15,22H,16H2,1H3,(H,24,25). The van der Waals surface area contributed by atoms with Crippen LogP contribution < -0.4 is 5.32 Å². The van der Waals surface area contributed by atoms with E-state index in [0.29, 0.717) is 0 Å². The zero-order chi connectivity index (χ0) is 21.6. The Balaban J connectivity index is 1.69. The van der Waals surface area contributed by atoms with Crippen LogP contribution in [-0.4, -0.2) is 33.2 Å². The van der Waals surface area contributed by atoms with Crippen molar-refractivity contribution in [1.29, 1.82) is 0 Å². The lowest BCUT2D eigenvalue weighted by Gasteiger charge is -2.20. The number of nitrogens with one attached hydrogen (secondary N) is 1. The van der Waals surface area contributed by atoms with Crippen LogP contribution in [-0.2, 0) is 19.4 Å². The Labute approximate surface area is 175 Å². The van der Waals surface area contributed by atoms with Gasteiger partial charge < -0.3 is 10.1 Å². The molecule has 1 N–H and O–H groups in total. The first-order valence-corrected chi connectivity index (χ1v) is 11.1. The van der Waals surface area contributed by atoms with E-state index in [2.05, 4.69) is 5.32 Å². The molecular formula is C23H21NO5S. The fraction of sp³-hybridized carbons (Fsp3) is 0.130. The number of esters is 1. The molecular weight excluding hydrogens is 402 g/mol. The van der Waals surface area contributed by atoms with E-state index in [1.54, 1.807) is 0 Å². The number of ether oxygens (including phenoxy) is 1. The molecule has 0 aliphatic carbocycles. The first-order valence-electron chi connectivity index (χ1n) is 9.21. The number of hydrogen-bond acceptors (Lipinski definition) is 5. The smallest absolute Gasteiger partial charge is 0.338 e. The minimum atomic E-state index is -3.45. The normalized spacial score (nSPS) is 11.1. The third-order valence-corrected chi connectivity index (χ3v) is 5.51. The fourth-order valence-corrected chi connectivity index (χ4v) is 3.59. The van der Waals surface area contributed by atoms with Gasteiger partial charge in [0.2, 0.25) is 0 Å².